The number of carboxylic acid groups (broad SMARTS) is 1. The molecular weight excluding hydrogens is 398 g/mol. The van der Waals surface area contributed by atoms with E-state index < -0.39 is 5.97 Å². The molecular formula is C24H28NO6+. The van der Waals surface area contributed by atoms with Crippen molar-refractivity contribution in [1.29, 1.82) is 0 Å². The van der Waals surface area contributed by atoms with Crippen LogP contribution in [0.4, 0.5) is 0 Å². The highest BCUT2D eigenvalue weighted by molar-refractivity contribution is 5.66. The van der Waals surface area contributed by atoms with Gasteiger partial charge in [-0.3, -0.25) is 4.79 Å². The highest BCUT2D eigenvalue weighted by atomic mass is 16.7. The Labute approximate surface area is 181 Å². The minimum absolute atomic E-state index is 0.183. The number of aliphatic carboxylic acids is 1. The monoisotopic (exact) mass is 426 g/mol. The molecule has 0 saturated carbocycles. The minimum Gasteiger partial charge on any atom is -0.493 e. The lowest BCUT2D eigenvalue weighted by atomic mass is 9.80. The summed E-state index contributed by atoms with van der Waals surface area (Å²) in [6, 6.07) is 8.65. The fraction of sp³-hybridized carbons (Fsp3) is 0.458. The molecule has 0 saturated heterocycles. The highest BCUT2D eigenvalue weighted by Crippen LogP contribution is 2.50. The second kappa shape index (κ2) is 7.64. The molecule has 2 unspecified atom stereocenters. The number of methoxy groups -OCH3 is 2. The lowest BCUT2D eigenvalue weighted by molar-refractivity contribution is -0.973. The van der Waals surface area contributed by atoms with E-state index in [9.17, 15) is 9.90 Å². The SMILES string of the molecule is COc1ccc2c(c1OC)C[N+]1(CCCC(=O)O)CCc3cc4c(cc3C1C2)OCO4. The van der Waals surface area contributed by atoms with Gasteiger partial charge in [0.1, 0.15) is 12.6 Å². The summed E-state index contributed by atoms with van der Waals surface area (Å²) in [4.78, 5) is 11.2. The number of carboxylic acids is 1. The molecule has 3 aliphatic rings. The molecule has 5 rings (SSSR count). The number of benzene rings is 2. The summed E-state index contributed by atoms with van der Waals surface area (Å²) < 4.78 is 23.4. The zero-order chi connectivity index (χ0) is 21.6. The van der Waals surface area contributed by atoms with Crippen molar-refractivity contribution in [3.63, 3.8) is 0 Å². The topological polar surface area (TPSA) is 74.2 Å². The molecule has 0 radical (unpaired) electrons. The van der Waals surface area contributed by atoms with Crippen molar-refractivity contribution in [1.82, 2.24) is 0 Å². The van der Waals surface area contributed by atoms with Gasteiger partial charge in [-0.1, -0.05) is 6.07 Å². The van der Waals surface area contributed by atoms with E-state index in [-0.39, 0.29) is 19.3 Å². The van der Waals surface area contributed by atoms with Crippen LogP contribution >= 0.6 is 0 Å². The average molecular weight is 426 g/mol. The molecule has 1 N–H and O–H groups in total. The third-order valence-electron chi connectivity index (χ3n) is 7.11. The predicted octanol–water partition coefficient (Wildman–Crippen LogP) is 3.47. The van der Waals surface area contributed by atoms with Crippen LogP contribution in [0.25, 0.3) is 0 Å². The molecule has 2 aromatic carbocycles. The lowest BCUT2D eigenvalue weighted by Gasteiger charge is -2.51. The third-order valence-corrected chi connectivity index (χ3v) is 7.11. The van der Waals surface area contributed by atoms with E-state index in [1.54, 1.807) is 14.2 Å². The zero-order valence-electron chi connectivity index (χ0n) is 18.0. The average Bonchev–Trinajstić information content (AvgIpc) is 3.22. The molecule has 31 heavy (non-hydrogen) atoms. The van der Waals surface area contributed by atoms with Gasteiger partial charge in [0.15, 0.2) is 23.0 Å². The number of quaternary nitrogens is 1. The Morgan fingerprint density at radius 2 is 1.97 bits per heavy atom. The number of hydrogen-bond acceptors (Lipinski definition) is 5. The number of hydrogen-bond donors (Lipinski definition) is 1. The van der Waals surface area contributed by atoms with E-state index in [2.05, 4.69) is 18.2 Å². The fourth-order valence-electron chi connectivity index (χ4n) is 5.62. The first-order valence-corrected chi connectivity index (χ1v) is 10.8. The van der Waals surface area contributed by atoms with Crippen LogP contribution in [0.15, 0.2) is 24.3 Å². The molecule has 7 nitrogen and oxygen atoms in total. The van der Waals surface area contributed by atoms with E-state index >= 15 is 0 Å². The fourth-order valence-corrected chi connectivity index (χ4v) is 5.62. The van der Waals surface area contributed by atoms with Gasteiger partial charge in [0.25, 0.3) is 0 Å². The summed E-state index contributed by atoms with van der Waals surface area (Å²) in [6.45, 7) is 2.83. The van der Waals surface area contributed by atoms with Crippen LogP contribution in [0.2, 0.25) is 0 Å². The molecule has 2 aromatic rings. The van der Waals surface area contributed by atoms with Crippen molar-refractivity contribution in [2.24, 2.45) is 0 Å². The summed E-state index contributed by atoms with van der Waals surface area (Å²) in [5.74, 6) is 2.43. The van der Waals surface area contributed by atoms with Crippen LogP contribution in [0.5, 0.6) is 23.0 Å². The molecule has 2 atom stereocenters. The molecule has 0 fully saturated rings. The van der Waals surface area contributed by atoms with Gasteiger partial charge in [0.05, 0.1) is 39.3 Å². The quantitative estimate of drug-likeness (QED) is 0.713. The molecule has 0 spiro atoms. The second-order valence-electron chi connectivity index (χ2n) is 8.63. The molecule has 0 amide bonds. The van der Waals surface area contributed by atoms with Crippen LogP contribution in [-0.4, -0.2) is 49.7 Å². The summed E-state index contributed by atoms with van der Waals surface area (Å²) in [6.07, 6.45) is 2.63. The normalized spacial score (nSPS) is 22.8. The second-order valence-corrected chi connectivity index (χ2v) is 8.63. The van der Waals surface area contributed by atoms with Gasteiger partial charge in [-0.05, 0) is 29.3 Å². The Morgan fingerprint density at radius 1 is 1.16 bits per heavy atom. The maximum atomic E-state index is 11.2. The first kappa shape index (κ1) is 20.0. The highest BCUT2D eigenvalue weighted by Gasteiger charge is 2.47. The predicted molar refractivity (Wildman–Crippen MR) is 113 cm³/mol. The third kappa shape index (κ3) is 3.28. The molecule has 0 aliphatic carbocycles. The summed E-state index contributed by atoms with van der Waals surface area (Å²) >= 11 is 0. The Hall–Kier alpha value is -2.93. The first-order valence-electron chi connectivity index (χ1n) is 10.8. The van der Waals surface area contributed by atoms with E-state index in [0.717, 1.165) is 60.0 Å². The van der Waals surface area contributed by atoms with Crippen molar-refractivity contribution >= 4 is 5.97 Å². The summed E-state index contributed by atoms with van der Waals surface area (Å²) in [5, 5.41) is 9.23. The Bertz CT molecular complexity index is 1040. The van der Waals surface area contributed by atoms with Gasteiger partial charge in [0, 0.05) is 24.8 Å². The first-order chi connectivity index (χ1) is 15.0. The van der Waals surface area contributed by atoms with Crippen molar-refractivity contribution in [3.8, 4) is 23.0 Å². The van der Waals surface area contributed by atoms with Gasteiger partial charge < -0.3 is 28.5 Å². The Morgan fingerprint density at radius 3 is 2.71 bits per heavy atom. The van der Waals surface area contributed by atoms with Crippen molar-refractivity contribution in [2.75, 3.05) is 34.1 Å². The van der Waals surface area contributed by atoms with Gasteiger partial charge >= 0.3 is 5.97 Å². The Balaban J connectivity index is 1.60. The Kier molecular flexibility index (Phi) is 4.93. The molecule has 3 aliphatic heterocycles. The number of nitrogens with zero attached hydrogens (tertiary/aromatic N) is 1. The van der Waals surface area contributed by atoms with E-state index in [1.807, 2.05) is 6.07 Å². The van der Waals surface area contributed by atoms with Crippen LogP contribution in [0.3, 0.4) is 0 Å². The number of rotatable bonds is 6. The van der Waals surface area contributed by atoms with Crippen molar-refractivity contribution in [3.05, 3.63) is 46.5 Å². The number of carbonyl (C=O) groups is 1. The van der Waals surface area contributed by atoms with Gasteiger partial charge in [0.2, 0.25) is 6.79 Å². The minimum atomic E-state index is -0.743. The van der Waals surface area contributed by atoms with Crippen molar-refractivity contribution in [2.45, 2.75) is 38.3 Å². The van der Waals surface area contributed by atoms with E-state index in [0.29, 0.717) is 6.42 Å². The molecule has 3 heterocycles. The number of fused-ring (bicyclic) bond motifs is 5. The standard InChI is InChI=1S/C24H27NO6/c1-28-20-6-5-15-10-19-17-12-22-21(30-14-31-22)11-16(17)7-9-25(19,8-3-4-23(26)27)13-18(15)24(20)29-2/h5-6,11-12,19H,3-4,7-10,13-14H2,1-2H3/p+1. The lowest BCUT2D eigenvalue weighted by Crippen LogP contribution is -2.57. The zero-order valence-corrected chi connectivity index (χ0v) is 18.0. The van der Waals surface area contributed by atoms with Crippen LogP contribution in [0.1, 0.15) is 41.1 Å². The van der Waals surface area contributed by atoms with Crippen molar-refractivity contribution < 1.29 is 33.3 Å². The van der Waals surface area contributed by atoms with Gasteiger partial charge in [-0.15, -0.1) is 0 Å². The van der Waals surface area contributed by atoms with E-state index in [1.165, 1.54) is 22.3 Å². The molecule has 164 valence electrons. The maximum Gasteiger partial charge on any atom is 0.303 e. The molecule has 0 bridgehead atoms. The van der Waals surface area contributed by atoms with Crippen LogP contribution in [0, 0.1) is 0 Å². The number of ether oxygens (including phenoxy) is 4. The summed E-state index contributed by atoms with van der Waals surface area (Å²) in [5.41, 5.74) is 5.05. The summed E-state index contributed by atoms with van der Waals surface area (Å²) in [7, 11) is 3.35. The van der Waals surface area contributed by atoms with E-state index in [4.69, 9.17) is 18.9 Å². The van der Waals surface area contributed by atoms with Crippen LogP contribution in [-0.2, 0) is 24.2 Å². The van der Waals surface area contributed by atoms with Gasteiger partial charge in [-0.2, -0.15) is 0 Å². The smallest absolute Gasteiger partial charge is 0.303 e. The molecule has 7 heteroatoms. The van der Waals surface area contributed by atoms with Gasteiger partial charge in [-0.25, -0.2) is 0 Å². The van der Waals surface area contributed by atoms with Crippen LogP contribution < -0.4 is 18.9 Å². The maximum absolute atomic E-state index is 11.2. The largest absolute Gasteiger partial charge is 0.493 e. The molecule has 0 aromatic heterocycles.